The van der Waals surface area contributed by atoms with Gasteiger partial charge in [-0.25, -0.2) is 10.5 Å². The van der Waals surface area contributed by atoms with E-state index in [0.717, 1.165) is 4.90 Å². The van der Waals surface area contributed by atoms with E-state index in [9.17, 15) is 19.5 Å². The average Bonchev–Trinajstić information content (AvgIpc) is 2.66. The van der Waals surface area contributed by atoms with Crippen LogP contribution in [0.1, 0.15) is 47.5 Å². The number of hydrogen-bond donors (Lipinski definition) is 4. The van der Waals surface area contributed by atoms with Crippen LogP contribution in [0.3, 0.4) is 0 Å². The minimum absolute atomic E-state index is 0.153. The van der Waals surface area contributed by atoms with E-state index in [4.69, 9.17) is 5.21 Å². The Morgan fingerprint density at radius 2 is 1.76 bits per heavy atom. The highest BCUT2D eigenvalue weighted by Gasteiger charge is 2.51. The first-order chi connectivity index (χ1) is 13.3. The Kier molecular flexibility index (Phi) is 8.28. The van der Waals surface area contributed by atoms with E-state index in [0.29, 0.717) is 12.2 Å². The summed E-state index contributed by atoms with van der Waals surface area (Å²) < 4.78 is 0. The number of likely N-dealkylation sites (N-methyl/N-ethyl adjacent to an activating group) is 1. The number of pyridine rings is 1. The lowest BCUT2D eigenvalue weighted by Crippen LogP contribution is -2.67. The molecule has 0 aliphatic carbocycles. The molecule has 3 amide bonds. The van der Waals surface area contributed by atoms with E-state index in [2.05, 4.69) is 10.3 Å². The number of anilines is 1. The molecule has 162 valence electrons. The molecule has 1 rings (SSSR count). The fourth-order valence-electron chi connectivity index (χ4n) is 2.69. The van der Waals surface area contributed by atoms with Gasteiger partial charge < -0.3 is 10.4 Å². The molecule has 9 nitrogen and oxygen atoms in total. The number of aromatic nitrogens is 1. The van der Waals surface area contributed by atoms with E-state index in [1.54, 1.807) is 39.0 Å². The first-order valence-corrected chi connectivity index (χ1v) is 9.52. The molecule has 0 radical (unpaired) electrons. The van der Waals surface area contributed by atoms with Crippen molar-refractivity contribution < 1.29 is 24.7 Å². The van der Waals surface area contributed by atoms with E-state index in [-0.39, 0.29) is 12.3 Å². The van der Waals surface area contributed by atoms with Crippen molar-refractivity contribution in [1.29, 1.82) is 0 Å². The summed E-state index contributed by atoms with van der Waals surface area (Å²) >= 11 is 0. The maximum atomic E-state index is 13.1. The van der Waals surface area contributed by atoms with Crippen LogP contribution in [-0.4, -0.2) is 45.8 Å². The third-order valence-electron chi connectivity index (χ3n) is 4.77. The Balaban J connectivity index is 3.20. The van der Waals surface area contributed by atoms with Crippen molar-refractivity contribution in [2.45, 2.75) is 53.2 Å². The minimum atomic E-state index is -2.32. The number of carbonyl (C=O) groups is 3. The Hall–Kier alpha value is -2.52. The van der Waals surface area contributed by atoms with Crippen LogP contribution < -0.4 is 15.7 Å². The van der Waals surface area contributed by atoms with Gasteiger partial charge in [0.2, 0.25) is 11.6 Å². The topological polar surface area (TPSA) is 132 Å². The summed E-state index contributed by atoms with van der Waals surface area (Å²) in [4.78, 5) is 43.2. The van der Waals surface area contributed by atoms with E-state index in [1.807, 2.05) is 13.8 Å². The van der Waals surface area contributed by atoms with Crippen molar-refractivity contribution in [2.75, 3.05) is 11.9 Å². The average molecular weight is 408 g/mol. The molecule has 0 spiro atoms. The lowest BCUT2D eigenvalue weighted by atomic mass is 9.81. The molecule has 9 heteroatoms. The normalized spacial score (nSPS) is 14.7. The van der Waals surface area contributed by atoms with Crippen LogP contribution in [0.2, 0.25) is 0 Å². The summed E-state index contributed by atoms with van der Waals surface area (Å²) in [7, 11) is 1.43. The number of carbonyl (C=O) groups excluding carboxylic acids is 3. The van der Waals surface area contributed by atoms with Gasteiger partial charge in [0.1, 0.15) is 11.7 Å². The Morgan fingerprint density at radius 1 is 1.14 bits per heavy atom. The van der Waals surface area contributed by atoms with Crippen molar-refractivity contribution in [3.8, 4) is 0 Å². The zero-order chi connectivity index (χ0) is 22.4. The lowest BCUT2D eigenvalue weighted by Gasteiger charge is -2.41. The second-order valence-corrected chi connectivity index (χ2v) is 8.50. The molecule has 0 fully saturated rings. The predicted octanol–water partition coefficient (Wildman–Crippen LogP) is 1.45. The molecule has 1 aromatic rings. The fraction of sp³-hybridized carbons (Fsp3) is 0.600. The number of aliphatic hydroxyl groups is 1. The summed E-state index contributed by atoms with van der Waals surface area (Å²) in [5, 5.41) is 22.6. The minimum Gasteiger partial charge on any atom is -0.363 e. The van der Waals surface area contributed by atoms with Crippen molar-refractivity contribution in [1.82, 2.24) is 15.8 Å². The van der Waals surface area contributed by atoms with Gasteiger partial charge >= 0.3 is 0 Å². The van der Waals surface area contributed by atoms with Crippen molar-refractivity contribution in [3.63, 3.8) is 0 Å². The lowest BCUT2D eigenvalue weighted by molar-refractivity contribution is -0.164. The van der Waals surface area contributed by atoms with Gasteiger partial charge in [0.15, 0.2) is 0 Å². The van der Waals surface area contributed by atoms with Crippen LogP contribution in [0.25, 0.3) is 0 Å². The largest absolute Gasteiger partial charge is 0.363 e. The molecule has 0 saturated heterocycles. The number of hydroxylamine groups is 1. The van der Waals surface area contributed by atoms with Crippen molar-refractivity contribution in [3.05, 3.63) is 24.4 Å². The smallest absolute Gasteiger partial charge is 0.281 e. The van der Waals surface area contributed by atoms with E-state index < -0.39 is 34.8 Å². The molecule has 2 atom stereocenters. The maximum Gasteiger partial charge on any atom is 0.281 e. The molecule has 29 heavy (non-hydrogen) atoms. The van der Waals surface area contributed by atoms with Crippen LogP contribution >= 0.6 is 0 Å². The maximum absolute atomic E-state index is 13.1. The number of rotatable bonds is 8. The van der Waals surface area contributed by atoms with Gasteiger partial charge in [-0.05, 0) is 30.9 Å². The molecule has 0 bridgehead atoms. The number of nitrogens with one attached hydrogen (secondary N) is 2. The second-order valence-electron chi connectivity index (χ2n) is 8.50. The summed E-state index contributed by atoms with van der Waals surface area (Å²) in [5.41, 5.74) is -1.94. The summed E-state index contributed by atoms with van der Waals surface area (Å²) in [5.74, 6) is -3.30. The van der Waals surface area contributed by atoms with Gasteiger partial charge in [-0.15, -0.1) is 0 Å². The first-order valence-electron chi connectivity index (χ1n) is 9.52. The highest BCUT2D eigenvalue weighted by molar-refractivity contribution is 6.05. The zero-order valence-corrected chi connectivity index (χ0v) is 17.9. The SMILES string of the molecule is CC(C)CC[C@H](C(=O)NO)C(=O)N[C@@](O)(C(=O)N(C)c1ccccn1)C(C)(C)C. The molecule has 0 saturated carbocycles. The molecule has 4 N–H and O–H groups in total. The standard InChI is InChI=1S/C20H32N4O5/c1-13(2)10-11-14(17(26)23-29)16(25)22-20(28,19(3,4)5)18(27)24(6)15-9-7-8-12-21-15/h7-9,12-14,28-29H,10-11H2,1-6H3,(H,22,25)(H,23,26)/t14-,20+/m0/s1. The van der Waals surface area contributed by atoms with Crippen molar-refractivity contribution >= 4 is 23.5 Å². The van der Waals surface area contributed by atoms with Gasteiger partial charge in [-0.2, -0.15) is 0 Å². The molecule has 0 aliphatic rings. The number of nitrogens with zero attached hydrogens (tertiary/aromatic N) is 2. The van der Waals surface area contributed by atoms with Gasteiger partial charge in [-0.1, -0.05) is 40.7 Å². The Bertz CT molecular complexity index is 717. The highest BCUT2D eigenvalue weighted by Crippen LogP contribution is 2.31. The van der Waals surface area contributed by atoms with Gasteiger partial charge in [0.25, 0.3) is 11.8 Å². The van der Waals surface area contributed by atoms with Gasteiger partial charge in [0, 0.05) is 18.7 Å². The van der Waals surface area contributed by atoms with Crippen LogP contribution in [0.5, 0.6) is 0 Å². The van der Waals surface area contributed by atoms with Crippen LogP contribution in [-0.2, 0) is 14.4 Å². The Morgan fingerprint density at radius 3 is 2.21 bits per heavy atom. The highest BCUT2D eigenvalue weighted by atomic mass is 16.5. The number of hydrogen-bond acceptors (Lipinski definition) is 6. The second kappa shape index (κ2) is 9.80. The first kappa shape index (κ1) is 24.5. The molecule has 1 heterocycles. The van der Waals surface area contributed by atoms with Crippen molar-refractivity contribution in [2.24, 2.45) is 17.3 Å². The molecule has 0 aliphatic heterocycles. The van der Waals surface area contributed by atoms with Crippen LogP contribution in [0.15, 0.2) is 24.4 Å². The summed E-state index contributed by atoms with van der Waals surface area (Å²) in [6.45, 7) is 8.64. The quantitative estimate of drug-likeness (QED) is 0.223. The molecule has 0 aromatic carbocycles. The third-order valence-corrected chi connectivity index (χ3v) is 4.77. The monoisotopic (exact) mass is 408 g/mol. The Labute approximate surface area is 171 Å². The van der Waals surface area contributed by atoms with Crippen LogP contribution in [0, 0.1) is 17.3 Å². The fourth-order valence-corrected chi connectivity index (χ4v) is 2.69. The molecule has 0 unspecified atom stereocenters. The molecular formula is C20H32N4O5. The summed E-state index contributed by atoms with van der Waals surface area (Å²) in [6.07, 6.45) is 2.20. The van der Waals surface area contributed by atoms with Crippen LogP contribution in [0.4, 0.5) is 5.82 Å². The number of amides is 3. The van der Waals surface area contributed by atoms with E-state index in [1.165, 1.54) is 18.7 Å². The molecule has 1 aromatic heterocycles. The predicted molar refractivity (Wildman–Crippen MR) is 108 cm³/mol. The molecular weight excluding hydrogens is 376 g/mol. The zero-order valence-electron chi connectivity index (χ0n) is 17.9. The summed E-state index contributed by atoms with van der Waals surface area (Å²) in [6, 6.07) is 4.97. The van der Waals surface area contributed by atoms with Gasteiger partial charge in [-0.3, -0.25) is 24.5 Å². The third kappa shape index (κ3) is 5.98. The van der Waals surface area contributed by atoms with E-state index >= 15 is 0 Å². The van der Waals surface area contributed by atoms with Gasteiger partial charge in [0.05, 0.1) is 0 Å².